The molecule has 0 spiro atoms. The van der Waals surface area contributed by atoms with Crippen LogP contribution in [0.4, 0.5) is 0 Å². The van der Waals surface area contributed by atoms with E-state index in [1.54, 1.807) is 13.0 Å². The van der Waals surface area contributed by atoms with Crippen molar-refractivity contribution in [3.63, 3.8) is 0 Å². The van der Waals surface area contributed by atoms with E-state index in [-0.39, 0.29) is 10.5 Å². The van der Waals surface area contributed by atoms with E-state index in [0.717, 1.165) is 19.1 Å². The highest BCUT2D eigenvalue weighted by Gasteiger charge is 2.17. The van der Waals surface area contributed by atoms with Crippen LogP contribution in [-0.2, 0) is 16.3 Å². The zero-order valence-corrected chi connectivity index (χ0v) is 13.5. The van der Waals surface area contributed by atoms with Crippen LogP contribution in [-0.4, -0.2) is 19.9 Å². The maximum atomic E-state index is 11.9. The number of carbonyl (C=O) groups excluding carboxylic acids is 1. The third-order valence-corrected chi connectivity index (χ3v) is 4.36. The van der Waals surface area contributed by atoms with Crippen molar-refractivity contribution in [3.8, 4) is 0 Å². The van der Waals surface area contributed by atoms with Crippen LogP contribution in [0.5, 0.6) is 0 Å². The van der Waals surface area contributed by atoms with E-state index in [4.69, 9.17) is 11.6 Å². The second kappa shape index (κ2) is 7.04. The van der Waals surface area contributed by atoms with E-state index in [0.29, 0.717) is 17.5 Å². The lowest BCUT2D eigenvalue weighted by atomic mass is 10.0. The van der Waals surface area contributed by atoms with E-state index in [1.165, 1.54) is 6.07 Å². The number of allylic oxidation sites excluding steroid dienone is 2. The minimum absolute atomic E-state index is 0.174. The van der Waals surface area contributed by atoms with Gasteiger partial charge in [-0.25, -0.2) is 8.42 Å². The molecule has 0 aromatic heterocycles. The van der Waals surface area contributed by atoms with Crippen molar-refractivity contribution in [2.24, 2.45) is 0 Å². The summed E-state index contributed by atoms with van der Waals surface area (Å²) in [7, 11) is -3.39. The molecule has 0 bridgehead atoms. The summed E-state index contributed by atoms with van der Waals surface area (Å²) in [6.45, 7) is 3.83. The predicted molar refractivity (Wildman–Crippen MR) is 82.2 cm³/mol. The van der Waals surface area contributed by atoms with Gasteiger partial charge in [0.05, 0.1) is 4.90 Å². The van der Waals surface area contributed by atoms with Crippen molar-refractivity contribution in [3.05, 3.63) is 41.0 Å². The van der Waals surface area contributed by atoms with Crippen LogP contribution < -0.4 is 0 Å². The number of hydrogen-bond donors (Lipinski definition) is 0. The Morgan fingerprint density at radius 1 is 1.30 bits per heavy atom. The first kappa shape index (κ1) is 16.9. The molecule has 1 rings (SSSR count). The molecule has 0 heterocycles. The second-order valence-electron chi connectivity index (χ2n) is 4.78. The molecule has 0 saturated carbocycles. The smallest absolute Gasteiger partial charge is 0.252 e. The zero-order valence-electron chi connectivity index (χ0n) is 11.9. The molecule has 1 aromatic carbocycles. The highest BCUT2D eigenvalue weighted by atomic mass is 35.5. The van der Waals surface area contributed by atoms with Crippen LogP contribution in [0.2, 0.25) is 0 Å². The number of aryl methyl sites for hydroxylation is 1. The van der Waals surface area contributed by atoms with Gasteiger partial charge in [0.25, 0.3) is 5.24 Å². The maximum Gasteiger partial charge on any atom is 0.252 e. The molecular weight excluding hydrogens is 296 g/mol. The van der Waals surface area contributed by atoms with E-state index >= 15 is 0 Å². The van der Waals surface area contributed by atoms with Gasteiger partial charge in [-0.3, -0.25) is 4.79 Å². The lowest BCUT2D eigenvalue weighted by molar-refractivity contribution is 0.108. The molecule has 0 fully saturated rings. The molecular formula is C15H19ClO3S. The van der Waals surface area contributed by atoms with Gasteiger partial charge in [0.2, 0.25) is 0 Å². The molecule has 0 aliphatic heterocycles. The Morgan fingerprint density at radius 2 is 1.95 bits per heavy atom. The Bertz CT molecular complexity index is 631. The van der Waals surface area contributed by atoms with Crippen molar-refractivity contribution >= 4 is 26.7 Å². The Morgan fingerprint density at radius 3 is 2.45 bits per heavy atom. The first-order valence-electron chi connectivity index (χ1n) is 6.45. The monoisotopic (exact) mass is 314 g/mol. The summed E-state index contributed by atoms with van der Waals surface area (Å²) in [6.07, 6.45) is 7.66. The fourth-order valence-corrected chi connectivity index (χ4v) is 3.11. The average molecular weight is 315 g/mol. The molecule has 0 unspecified atom stereocenters. The molecule has 0 aliphatic carbocycles. The van der Waals surface area contributed by atoms with Crippen LogP contribution >= 0.6 is 11.6 Å². The predicted octanol–water partition coefficient (Wildman–Crippen LogP) is 3.68. The summed E-state index contributed by atoms with van der Waals surface area (Å²) in [5.74, 6) is 0. The Balaban J connectivity index is 3.29. The van der Waals surface area contributed by atoms with Crippen molar-refractivity contribution in [1.29, 1.82) is 0 Å². The van der Waals surface area contributed by atoms with Gasteiger partial charge >= 0.3 is 0 Å². The highest BCUT2D eigenvalue weighted by Crippen LogP contribution is 2.23. The maximum absolute atomic E-state index is 11.9. The molecule has 110 valence electrons. The van der Waals surface area contributed by atoms with Gasteiger partial charge in [0.1, 0.15) is 0 Å². The van der Waals surface area contributed by atoms with E-state index in [1.807, 2.05) is 12.2 Å². The number of rotatable bonds is 6. The molecule has 20 heavy (non-hydrogen) atoms. The summed E-state index contributed by atoms with van der Waals surface area (Å²) in [5, 5.41) is -0.638. The number of sulfone groups is 1. The van der Waals surface area contributed by atoms with Crippen LogP contribution in [0.3, 0.4) is 0 Å². The van der Waals surface area contributed by atoms with Crippen molar-refractivity contribution in [1.82, 2.24) is 0 Å². The number of carbonyl (C=O) groups is 1. The first-order chi connectivity index (χ1) is 9.27. The summed E-state index contributed by atoms with van der Waals surface area (Å²) < 4.78 is 23.7. The fraction of sp³-hybridized carbons (Fsp3) is 0.400. The number of benzene rings is 1. The lowest BCUT2D eigenvalue weighted by Crippen LogP contribution is -2.06. The molecule has 1 aromatic rings. The minimum Gasteiger partial charge on any atom is -0.276 e. The normalized spacial score (nSPS) is 12.0. The van der Waals surface area contributed by atoms with Crippen LogP contribution in [0.25, 0.3) is 0 Å². The average Bonchev–Trinajstić information content (AvgIpc) is 2.32. The topological polar surface area (TPSA) is 51.2 Å². The molecule has 0 saturated heterocycles. The van der Waals surface area contributed by atoms with Crippen molar-refractivity contribution in [2.45, 2.75) is 38.0 Å². The SMILES string of the molecule is CCCC=CCc1cc(C)c(C(=O)Cl)cc1S(C)(=O)=O. The van der Waals surface area contributed by atoms with E-state index in [2.05, 4.69) is 6.92 Å². The number of halogens is 1. The zero-order chi connectivity index (χ0) is 15.3. The summed E-state index contributed by atoms with van der Waals surface area (Å²) >= 11 is 5.48. The molecule has 0 amide bonds. The Labute approximate surface area is 125 Å². The molecule has 5 heteroatoms. The van der Waals surface area contributed by atoms with Gasteiger partial charge in [-0.2, -0.15) is 0 Å². The van der Waals surface area contributed by atoms with Crippen LogP contribution in [0.15, 0.2) is 29.2 Å². The lowest BCUT2D eigenvalue weighted by Gasteiger charge is -2.10. The van der Waals surface area contributed by atoms with Gasteiger partial charge in [-0.1, -0.05) is 31.6 Å². The van der Waals surface area contributed by atoms with Crippen molar-refractivity contribution < 1.29 is 13.2 Å². The van der Waals surface area contributed by atoms with E-state index < -0.39 is 15.1 Å². The Hall–Kier alpha value is -1.13. The van der Waals surface area contributed by atoms with Crippen LogP contribution in [0.1, 0.15) is 41.3 Å². The summed E-state index contributed by atoms with van der Waals surface area (Å²) in [4.78, 5) is 11.5. The Kier molecular flexibility index (Phi) is 5.96. The van der Waals surface area contributed by atoms with Crippen LogP contribution in [0, 0.1) is 6.92 Å². The molecule has 0 N–H and O–H groups in total. The summed E-state index contributed by atoms with van der Waals surface area (Å²) in [5.41, 5.74) is 1.63. The quantitative estimate of drug-likeness (QED) is 0.594. The minimum atomic E-state index is -3.39. The molecule has 0 radical (unpaired) electrons. The standard InChI is InChI=1S/C15H19ClO3S/c1-4-5-6-7-8-12-9-11(2)13(15(16)17)10-14(12)20(3,18)19/h6-7,9-10H,4-5,8H2,1-3H3. The van der Waals surface area contributed by atoms with Gasteiger partial charge in [0, 0.05) is 11.8 Å². The third kappa shape index (κ3) is 4.46. The van der Waals surface area contributed by atoms with Gasteiger partial charge in [-0.15, -0.1) is 0 Å². The van der Waals surface area contributed by atoms with Crippen molar-refractivity contribution in [2.75, 3.05) is 6.26 Å². The summed E-state index contributed by atoms with van der Waals surface area (Å²) in [6, 6.07) is 3.10. The fourth-order valence-electron chi connectivity index (χ4n) is 1.96. The van der Waals surface area contributed by atoms with Gasteiger partial charge in [0.15, 0.2) is 9.84 Å². The highest BCUT2D eigenvalue weighted by molar-refractivity contribution is 7.90. The molecule has 0 aliphatic rings. The van der Waals surface area contributed by atoms with E-state index in [9.17, 15) is 13.2 Å². The van der Waals surface area contributed by atoms with Gasteiger partial charge in [-0.05, 0) is 48.6 Å². The number of hydrogen-bond acceptors (Lipinski definition) is 3. The molecule has 3 nitrogen and oxygen atoms in total. The second-order valence-corrected chi connectivity index (χ2v) is 7.11. The molecule has 0 atom stereocenters. The first-order valence-corrected chi connectivity index (χ1v) is 8.72. The number of unbranched alkanes of at least 4 members (excludes halogenated alkanes) is 1. The van der Waals surface area contributed by atoms with Gasteiger partial charge < -0.3 is 0 Å². The largest absolute Gasteiger partial charge is 0.276 e. The third-order valence-electron chi connectivity index (χ3n) is 2.98.